The van der Waals surface area contributed by atoms with Crippen LogP contribution in [0.5, 0.6) is 23.0 Å². The lowest BCUT2D eigenvalue weighted by Gasteiger charge is -2.20. The van der Waals surface area contributed by atoms with E-state index in [1.807, 2.05) is 39.0 Å². The van der Waals surface area contributed by atoms with Crippen molar-refractivity contribution in [3.63, 3.8) is 0 Å². The zero-order chi connectivity index (χ0) is 24.0. The van der Waals surface area contributed by atoms with Gasteiger partial charge in [-0.2, -0.15) is 0 Å². The molecule has 0 heterocycles. The number of carbonyl (C=O) groups excluding carboxylic acids is 1. The van der Waals surface area contributed by atoms with E-state index in [0.29, 0.717) is 24.2 Å². The summed E-state index contributed by atoms with van der Waals surface area (Å²) in [6.45, 7) is 5.84. The van der Waals surface area contributed by atoms with Crippen molar-refractivity contribution in [1.82, 2.24) is 0 Å². The van der Waals surface area contributed by atoms with E-state index in [2.05, 4.69) is 54.1 Å². The average Bonchev–Trinajstić information content (AvgIpc) is 2.72. The fourth-order valence-electron chi connectivity index (χ4n) is 3.28. The van der Waals surface area contributed by atoms with Crippen LogP contribution in [0, 0.1) is 20.8 Å². The van der Waals surface area contributed by atoms with Gasteiger partial charge in [0.15, 0.2) is 5.78 Å². The Morgan fingerprint density at radius 1 is 0.969 bits per heavy atom. The van der Waals surface area contributed by atoms with Crippen molar-refractivity contribution in [2.75, 3.05) is 0 Å². The van der Waals surface area contributed by atoms with E-state index in [1.54, 1.807) is 0 Å². The lowest BCUT2D eigenvalue weighted by molar-refractivity contribution is 0.0980. The van der Waals surface area contributed by atoms with E-state index in [9.17, 15) is 4.79 Å². The van der Waals surface area contributed by atoms with Crippen molar-refractivity contribution < 1.29 is 22.9 Å². The van der Waals surface area contributed by atoms with Gasteiger partial charge < -0.3 is 18.1 Å². The maximum atomic E-state index is 13.4. The summed E-state index contributed by atoms with van der Waals surface area (Å²) >= 11 is 0. The van der Waals surface area contributed by atoms with E-state index in [1.165, 1.54) is 0 Å². The normalized spacial score (nSPS) is 11.5. The SMILES string of the molecule is Cc1c(C)c(OP)c(C(=O)CCc2ccc(OP(P)P)cc2OP(P)P)c(C)c1OPP. The second-order valence-corrected chi connectivity index (χ2v) is 19.7. The number of Topliss-reactive ketones (excluding diaryl/α,β-unsaturated/α-hetero) is 1. The first-order valence-electron chi connectivity index (χ1n) is 9.34. The van der Waals surface area contributed by atoms with Crippen LogP contribution in [0.1, 0.15) is 39.0 Å². The number of rotatable bonds is 11. The molecule has 0 aliphatic heterocycles. The second-order valence-electron chi connectivity index (χ2n) is 6.84. The Labute approximate surface area is 208 Å². The standard InChI is InChI=1S/C18H29O5P9/c1-9-10(2)18(20-24)16(11(3)17(9)21-30-25)14(19)7-5-12-4-6-13(22-31(26)27)8-15(12)23-32(28)29/h4,6,8,30H,5,7,24-29H2,1-3H3. The van der Waals surface area contributed by atoms with E-state index in [4.69, 9.17) is 18.1 Å². The smallest absolute Gasteiger partial charge is 0.167 e. The highest BCUT2D eigenvalue weighted by Gasteiger charge is 2.24. The van der Waals surface area contributed by atoms with Gasteiger partial charge in [0.25, 0.3) is 0 Å². The highest BCUT2D eigenvalue weighted by molar-refractivity contribution is 8.41. The monoisotopic (exact) mass is 604 g/mol. The summed E-state index contributed by atoms with van der Waals surface area (Å²) in [7, 11) is 14.2. The number of ketones is 1. The highest BCUT2D eigenvalue weighted by atomic mass is 32.4. The Kier molecular flexibility index (Phi) is 12.9. The van der Waals surface area contributed by atoms with E-state index in [-0.39, 0.29) is 14.3 Å². The maximum Gasteiger partial charge on any atom is 0.167 e. The van der Waals surface area contributed by atoms with Crippen LogP contribution in [0.4, 0.5) is 0 Å². The van der Waals surface area contributed by atoms with Gasteiger partial charge in [-0.3, -0.25) is 4.79 Å². The van der Waals surface area contributed by atoms with Crippen molar-refractivity contribution in [3.8, 4) is 23.0 Å². The first-order chi connectivity index (χ1) is 15.1. The second kappa shape index (κ2) is 14.1. The van der Waals surface area contributed by atoms with Crippen molar-refractivity contribution in [1.29, 1.82) is 0 Å². The molecule has 5 nitrogen and oxygen atoms in total. The van der Waals surface area contributed by atoms with Gasteiger partial charge in [-0.05, 0) is 49.9 Å². The molecule has 0 aliphatic carbocycles. The van der Waals surface area contributed by atoms with Gasteiger partial charge in [-0.25, -0.2) is 0 Å². The Morgan fingerprint density at radius 3 is 2.16 bits per heavy atom. The molecule has 176 valence electrons. The van der Waals surface area contributed by atoms with Gasteiger partial charge in [0, 0.05) is 18.1 Å². The molecule has 0 N–H and O–H groups in total. The van der Waals surface area contributed by atoms with Crippen molar-refractivity contribution >= 4 is 83.4 Å². The van der Waals surface area contributed by atoms with Crippen LogP contribution in [-0.2, 0) is 6.42 Å². The quantitative estimate of drug-likeness (QED) is 0.192. The topological polar surface area (TPSA) is 54.0 Å². The Morgan fingerprint density at radius 2 is 1.59 bits per heavy atom. The Balaban J connectivity index is 2.36. The summed E-state index contributed by atoms with van der Waals surface area (Å²) in [6.07, 6.45) is 0.850. The molecule has 7 unspecified atom stereocenters. The molecule has 7 atom stereocenters. The van der Waals surface area contributed by atoms with Gasteiger partial charge >= 0.3 is 0 Å². The lowest BCUT2D eigenvalue weighted by atomic mass is 9.92. The molecule has 0 fully saturated rings. The van der Waals surface area contributed by atoms with Crippen LogP contribution in [-0.4, -0.2) is 5.78 Å². The number of carbonyl (C=O) groups is 1. The summed E-state index contributed by atoms with van der Waals surface area (Å²) in [4.78, 5) is 13.4. The summed E-state index contributed by atoms with van der Waals surface area (Å²) in [5.41, 5.74) is 4.21. The molecule has 2 rings (SSSR count). The van der Waals surface area contributed by atoms with Gasteiger partial charge in [-0.15, -0.1) is 0 Å². The van der Waals surface area contributed by atoms with Gasteiger partial charge in [-0.1, -0.05) is 50.7 Å². The molecule has 32 heavy (non-hydrogen) atoms. The van der Waals surface area contributed by atoms with E-state index < -0.39 is 15.1 Å². The third kappa shape index (κ3) is 7.84. The first-order valence-corrected chi connectivity index (χ1v) is 21.5. The minimum atomic E-state index is -0.778. The predicted molar refractivity (Wildman–Crippen MR) is 163 cm³/mol. The molecule has 0 saturated carbocycles. The van der Waals surface area contributed by atoms with Gasteiger partial charge in [0.2, 0.25) is 0 Å². The highest BCUT2D eigenvalue weighted by Crippen LogP contribution is 2.56. The first kappa shape index (κ1) is 29.4. The molecular formula is C18H29O5P9. The fourth-order valence-corrected chi connectivity index (χ4v) is 6.52. The Hall–Kier alpha value is 1.18. The van der Waals surface area contributed by atoms with E-state index in [0.717, 1.165) is 39.5 Å². The molecule has 0 bridgehead atoms. The molecule has 2 aromatic carbocycles. The lowest BCUT2D eigenvalue weighted by Crippen LogP contribution is -2.09. The van der Waals surface area contributed by atoms with Crippen LogP contribution in [0.15, 0.2) is 18.2 Å². The summed E-state index contributed by atoms with van der Waals surface area (Å²) in [5.74, 6) is 2.80. The fraction of sp³-hybridized carbons (Fsp3) is 0.278. The van der Waals surface area contributed by atoms with Crippen molar-refractivity contribution in [2.45, 2.75) is 33.6 Å². The minimum Gasteiger partial charge on any atom is -0.479 e. The van der Waals surface area contributed by atoms with E-state index >= 15 is 0 Å². The zero-order valence-corrected chi connectivity index (χ0v) is 27.8. The number of benzene rings is 2. The average molecular weight is 604 g/mol. The summed E-state index contributed by atoms with van der Waals surface area (Å²) in [6, 6.07) is 5.76. The number of hydrogen-bond donors (Lipinski definition) is 0. The van der Waals surface area contributed by atoms with Crippen molar-refractivity contribution in [3.05, 3.63) is 46.0 Å². The molecule has 0 saturated heterocycles. The molecule has 0 radical (unpaired) electrons. The zero-order valence-electron chi connectivity index (χ0n) is 18.0. The molecular weight excluding hydrogens is 575 g/mol. The molecule has 14 heteroatoms. The van der Waals surface area contributed by atoms with Crippen LogP contribution in [0.25, 0.3) is 0 Å². The van der Waals surface area contributed by atoms with Crippen molar-refractivity contribution in [2.24, 2.45) is 0 Å². The molecule has 0 amide bonds. The molecule has 0 aromatic heterocycles. The number of hydrogen-bond acceptors (Lipinski definition) is 5. The van der Waals surface area contributed by atoms with Crippen LogP contribution in [0.2, 0.25) is 0 Å². The number of aryl methyl sites for hydroxylation is 1. The molecule has 0 spiro atoms. The van der Waals surface area contributed by atoms with Crippen LogP contribution >= 0.6 is 77.7 Å². The summed E-state index contributed by atoms with van der Waals surface area (Å²) in [5, 5.41) is 0. The largest absolute Gasteiger partial charge is 0.479 e. The van der Waals surface area contributed by atoms with Crippen LogP contribution < -0.4 is 18.1 Å². The third-order valence-corrected chi connectivity index (χ3v) is 7.82. The molecule has 2 aromatic rings. The maximum absolute atomic E-state index is 13.4. The van der Waals surface area contributed by atoms with Crippen LogP contribution in [0.3, 0.4) is 0 Å². The van der Waals surface area contributed by atoms with Gasteiger partial charge in [0.1, 0.15) is 38.0 Å². The minimum absolute atomic E-state index is 0.00344. The Bertz CT molecular complexity index is 969. The summed E-state index contributed by atoms with van der Waals surface area (Å²) < 4.78 is 23.2. The predicted octanol–water partition coefficient (Wildman–Crippen LogP) is 8.07. The third-order valence-electron chi connectivity index (χ3n) is 4.82. The van der Waals surface area contributed by atoms with Gasteiger partial charge in [0.05, 0.1) is 23.5 Å². The molecule has 0 aliphatic rings.